The van der Waals surface area contributed by atoms with Gasteiger partial charge in [0.2, 0.25) is 0 Å². The van der Waals surface area contributed by atoms with Crippen LogP contribution in [0.3, 0.4) is 0 Å². The summed E-state index contributed by atoms with van der Waals surface area (Å²) in [6, 6.07) is 10.4. The van der Waals surface area contributed by atoms with E-state index < -0.39 is 11.9 Å². The van der Waals surface area contributed by atoms with Gasteiger partial charge in [-0.05, 0) is 52.2 Å². The van der Waals surface area contributed by atoms with E-state index in [1.807, 2.05) is 12.1 Å². The zero-order valence-electron chi connectivity index (χ0n) is 19.3. The third kappa shape index (κ3) is 3.49. The SMILES string of the molecule is Cc1nc2nc(-c3cc(C(C)(C)C)c4ccccc4c3C)[n+](C)c(C)c2nc1C(F)(F)F. The van der Waals surface area contributed by atoms with Crippen molar-refractivity contribution in [3.63, 3.8) is 0 Å². The minimum Gasteiger partial charge on any atom is -0.232 e. The molecule has 0 bridgehead atoms. The van der Waals surface area contributed by atoms with Crippen molar-refractivity contribution in [3.05, 3.63) is 58.5 Å². The molecule has 0 spiro atoms. The van der Waals surface area contributed by atoms with E-state index in [0.717, 1.165) is 16.5 Å². The highest BCUT2D eigenvalue weighted by atomic mass is 19.4. The standard InChI is InChI=1S/C25H26F3N4/c1-13-16-10-8-9-11-17(16)19(24(4,5)6)12-18(13)23-31-22-20(15(3)32(23)7)30-21(14(2)29-22)25(26,27)28/h8-12H,1-7H3/q+1. The van der Waals surface area contributed by atoms with Crippen molar-refractivity contribution in [1.82, 2.24) is 15.0 Å². The van der Waals surface area contributed by atoms with Gasteiger partial charge in [-0.1, -0.05) is 45.0 Å². The number of halogens is 3. The van der Waals surface area contributed by atoms with Crippen molar-refractivity contribution in [2.45, 2.75) is 53.1 Å². The van der Waals surface area contributed by atoms with Gasteiger partial charge in [0.05, 0.1) is 18.3 Å². The van der Waals surface area contributed by atoms with E-state index in [9.17, 15) is 13.2 Å². The molecule has 166 valence electrons. The number of fused-ring (bicyclic) bond motifs is 2. The molecule has 4 aromatic rings. The first-order chi connectivity index (χ1) is 14.8. The number of nitrogens with zero attached hydrogens (tertiary/aromatic N) is 4. The smallest absolute Gasteiger partial charge is 0.232 e. The lowest BCUT2D eigenvalue weighted by Gasteiger charge is -2.23. The summed E-state index contributed by atoms with van der Waals surface area (Å²) in [7, 11) is 1.80. The van der Waals surface area contributed by atoms with Gasteiger partial charge in [-0.25, -0.2) is 14.5 Å². The van der Waals surface area contributed by atoms with Gasteiger partial charge in [-0.15, -0.1) is 0 Å². The average Bonchev–Trinajstić information content (AvgIpc) is 2.69. The summed E-state index contributed by atoms with van der Waals surface area (Å²) in [6.07, 6.45) is -4.56. The second kappa shape index (κ2) is 7.22. The van der Waals surface area contributed by atoms with Crippen LogP contribution in [0.2, 0.25) is 0 Å². The van der Waals surface area contributed by atoms with Crippen LogP contribution in [0.5, 0.6) is 0 Å². The third-order valence-corrected chi connectivity index (χ3v) is 6.06. The van der Waals surface area contributed by atoms with Gasteiger partial charge in [-0.2, -0.15) is 13.2 Å². The van der Waals surface area contributed by atoms with Crippen LogP contribution in [0.4, 0.5) is 13.2 Å². The fourth-order valence-electron chi connectivity index (χ4n) is 4.20. The number of hydrogen-bond acceptors (Lipinski definition) is 3. The maximum atomic E-state index is 13.4. The molecule has 0 amide bonds. The Labute approximate surface area is 185 Å². The van der Waals surface area contributed by atoms with Crippen LogP contribution in [-0.4, -0.2) is 15.0 Å². The van der Waals surface area contributed by atoms with Crippen molar-refractivity contribution in [2.75, 3.05) is 0 Å². The zero-order valence-corrected chi connectivity index (χ0v) is 19.3. The average molecular weight is 440 g/mol. The number of rotatable bonds is 1. The second-order valence-corrected chi connectivity index (χ2v) is 9.30. The van der Waals surface area contributed by atoms with Crippen LogP contribution < -0.4 is 4.57 Å². The van der Waals surface area contributed by atoms with Gasteiger partial charge in [0, 0.05) is 6.92 Å². The fraction of sp³-hybridized carbons (Fsp3) is 0.360. The molecule has 4 rings (SSSR count). The highest BCUT2D eigenvalue weighted by molar-refractivity contribution is 5.94. The van der Waals surface area contributed by atoms with E-state index in [1.54, 1.807) is 18.5 Å². The highest BCUT2D eigenvalue weighted by Crippen LogP contribution is 2.37. The Morgan fingerprint density at radius 1 is 0.875 bits per heavy atom. The van der Waals surface area contributed by atoms with Gasteiger partial charge in [0.15, 0.2) is 11.2 Å². The lowest BCUT2D eigenvalue weighted by Crippen LogP contribution is -2.37. The van der Waals surface area contributed by atoms with E-state index in [0.29, 0.717) is 11.5 Å². The lowest BCUT2D eigenvalue weighted by molar-refractivity contribution is -0.667. The molecule has 0 saturated carbocycles. The largest absolute Gasteiger partial charge is 0.435 e. The quantitative estimate of drug-likeness (QED) is 0.346. The predicted octanol–water partition coefficient (Wildman–Crippen LogP) is 5.91. The Morgan fingerprint density at radius 2 is 1.50 bits per heavy atom. The molecule has 0 saturated heterocycles. The van der Waals surface area contributed by atoms with Gasteiger partial charge in [0.1, 0.15) is 5.69 Å². The molecule has 0 radical (unpaired) electrons. The highest BCUT2D eigenvalue weighted by Gasteiger charge is 2.37. The first-order valence-corrected chi connectivity index (χ1v) is 10.5. The first-order valence-electron chi connectivity index (χ1n) is 10.5. The minimum absolute atomic E-state index is 0.107. The molecular formula is C25H26F3N4+. The molecule has 2 aromatic carbocycles. The molecule has 0 N–H and O–H groups in total. The van der Waals surface area contributed by atoms with Gasteiger partial charge in [0.25, 0.3) is 5.65 Å². The maximum Gasteiger partial charge on any atom is 0.435 e. The summed E-state index contributed by atoms with van der Waals surface area (Å²) >= 11 is 0. The number of aromatic nitrogens is 4. The number of aryl methyl sites for hydroxylation is 3. The zero-order chi connectivity index (χ0) is 23.6. The van der Waals surface area contributed by atoms with Gasteiger partial charge < -0.3 is 0 Å². The summed E-state index contributed by atoms with van der Waals surface area (Å²) in [6.45, 7) is 11.6. The molecule has 32 heavy (non-hydrogen) atoms. The van der Waals surface area contributed by atoms with Crippen LogP contribution in [-0.2, 0) is 18.6 Å². The molecule has 0 unspecified atom stereocenters. The molecular weight excluding hydrogens is 413 g/mol. The molecule has 2 heterocycles. The molecule has 0 atom stereocenters. The summed E-state index contributed by atoms with van der Waals surface area (Å²) in [4.78, 5) is 12.8. The minimum atomic E-state index is -4.56. The van der Waals surface area contributed by atoms with Crippen molar-refractivity contribution in [3.8, 4) is 11.4 Å². The van der Waals surface area contributed by atoms with Crippen molar-refractivity contribution >= 4 is 21.9 Å². The van der Waals surface area contributed by atoms with E-state index in [2.05, 4.69) is 55.9 Å². The fourth-order valence-corrected chi connectivity index (χ4v) is 4.20. The van der Waals surface area contributed by atoms with Crippen LogP contribution in [0.25, 0.3) is 33.3 Å². The van der Waals surface area contributed by atoms with Crippen molar-refractivity contribution < 1.29 is 17.7 Å². The number of benzene rings is 2. The summed E-state index contributed by atoms with van der Waals surface area (Å²) in [5, 5.41) is 2.32. The maximum absolute atomic E-state index is 13.4. The number of alkyl halides is 3. The lowest BCUT2D eigenvalue weighted by atomic mass is 9.81. The third-order valence-electron chi connectivity index (χ3n) is 6.06. The van der Waals surface area contributed by atoms with E-state index in [1.165, 1.54) is 17.9 Å². The first kappa shape index (κ1) is 22.1. The van der Waals surface area contributed by atoms with Crippen LogP contribution in [0.15, 0.2) is 30.3 Å². The normalized spacial score (nSPS) is 12.7. The molecule has 2 aromatic heterocycles. The Kier molecular flexibility index (Phi) is 4.99. The van der Waals surface area contributed by atoms with Crippen molar-refractivity contribution in [1.29, 1.82) is 0 Å². The van der Waals surface area contributed by atoms with Gasteiger partial charge >= 0.3 is 12.0 Å². The van der Waals surface area contributed by atoms with E-state index in [4.69, 9.17) is 4.98 Å². The summed E-state index contributed by atoms with van der Waals surface area (Å²) in [5.74, 6) is 0.650. The number of hydrogen-bond donors (Lipinski definition) is 0. The predicted molar refractivity (Wildman–Crippen MR) is 119 cm³/mol. The Bertz CT molecular complexity index is 1380. The Balaban J connectivity index is 2.08. The summed E-state index contributed by atoms with van der Waals surface area (Å²) < 4.78 is 41.9. The molecule has 0 aliphatic rings. The van der Waals surface area contributed by atoms with Crippen LogP contribution >= 0.6 is 0 Å². The monoisotopic (exact) mass is 439 g/mol. The summed E-state index contributed by atoms with van der Waals surface area (Å²) in [5.41, 5.74) is 2.87. The van der Waals surface area contributed by atoms with Crippen LogP contribution in [0, 0.1) is 20.8 Å². The molecule has 0 aliphatic carbocycles. The van der Waals surface area contributed by atoms with Crippen molar-refractivity contribution in [2.24, 2.45) is 7.05 Å². The van der Waals surface area contributed by atoms with Gasteiger partial charge in [-0.3, -0.25) is 0 Å². The Morgan fingerprint density at radius 3 is 2.09 bits per heavy atom. The molecule has 4 nitrogen and oxygen atoms in total. The molecule has 7 heteroatoms. The molecule has 0 aliphatic heterocycles. The Hall–Kier alpha value is -3.09. The topological polar surface area (TPSA) is 42.5 Å². The van der Waals surface area contributed by atoms with E-state index in [-0.39, 0.29) is 22.3 Å². The van der Waals surface area contributed by atoms with E-state index >= 15 is 0 Å². The second-order valence-electron chi connectivity index (χ2n) is 9.30. The molecule has 0 fully saturated rings. The van der Waals surface area contributed by atoms with Crippen LogP contribution in [0.1, 0.15) is 49.0 Å².